The molecule has 1 aromatic carbocycles. The molecule has 8 heteroatoms. The lowest BCUT2D eigenvalue weighted by molar-refractivity contribution is 0.598. The second-order valence-electron chi connectivity index (χ2n) is 4.42. The first-order valence-corrected chi connectivity index (χ1v) is 8.86. The molecule has 0 aliphatic carbocycles. The fraction of sp³-hybridized carbons (Fsp3) is 0.231. The summed E-state index contributed by atoms with van der Waals surface area (Å²) in [5.74, 6) is 0.842. The molecule has 1 aromatic heterocycles. The van der Waals surface area contributed by atoms with E-state index >= 15 is 0 Å². The first-order chi connectivity index (χ1) is 10.1. The third-order valence-electron chi connectivity index (χ3n) is 3.03. The Morgan fingerprint density at radius 3 is 2.95 bits per heavy atom. The van der Waals surface area contributed by atoms with Crippen molar-refractivity contribution in [3.05, 3.63) is 36.7 Å². The second-order valence-corrected chi connectivity index (χ2v) is 6.93. The molecular weight excluding hydrogens is 308 g/mol. The molecule has 0 bridgehead atoms. The highest BCUT2D eigenvalue weighted by Crippen LogP contribution is 2.28. The molecule has 2 heterocycles. The fourth-order valence-electron chi connectivity index (χ4n) is 2.04. The first-order valence-electron chi connectivity index (χ1n) is 6.44. The minimum absolute atomic E-state index is 0.216. The lowest BCUT2D eigenvalue weighted by atomic mass is 10.3. The van der Waals surface area contributed by atoms with E-state index in [1.807, 2.05) is 17.7 Å². The van der Waals surface area contributed by atoms with Crippen LogP contribution in [0.1, 0.15) is 6.92 Å². The maximum atomic E-state index is 12.1. The zero-order valence-electron chi connectivity index (χ0n) is 11.4. The van der Waals surface area contributed by atoms with E-state index in [4.69, 9.17) is 0 Å². The van der Waals surface area contributed by atoms with Gasteiger partial charge in [0.05, 0.1) is 11.4 Å². The van der Waals surface area contributed by atoms with E-state index in [-0.39, 0.29) is 4.90 Å². The minimum Gasteiger partial charge on any atom is -0.341 e. The van der Waals surface area contributed by atoms with Crippen molar-refractivity contribution in [3.63, 3.8) is 0 Å². The lowest BCUT2D eigenvalue weighted by Crippen LogP contribution is -2.23. The summed E-state index contributed by atoms with van der Waals surface area (Å²) in [7, 11) is -3.61. The lowest BCUT2D eigenvalue weighted by Gasteiger charge is -2.17. The molecule has 1 N–H and O–H groups in total. The molecular formula is C13H14N4O2S2. The number of fused-ring (bicyclic) bond motifs is 1. The van der Waals surface area contributed by atoms with Crippen LogP contribution in [0.5, 0.6) is 0 Å². The van der Waals surface area contributed by atoms with Crippen molar-refractivity contribution in [3.8, 4) is 0 Å². The van der Waals surface area contributed by atoms with E-state index in [1.54, 1.807) is 30.5 Å². The molecule has 0 saturated heterocycles. The van der Waals surface area contributed by atoms with Crippen molar-refractivity contribution < 1.29 is 8.42 Å². The number of hydrogen-bond donors (Lipinski definition) is 1. The van der Waals surface area contributed by atoms with Crippen LogP contribution in [0.3, 0.4) is 0 Å². The zero-order valence-corrected chi connectivity index (χ0v) is 13.0. The molecule has 0 amide bonds. The number of amidine groups is 1. The Balaban J connectivity index is 1.81. The van der Waals surface area contributed by atoms with Crippen molar-refractivity contribution >= 4 is 33.3 Å². The summed E-state index contributed by atoms with van der Waals surface area (Å²) >= 11 is 1.45. The number of hydrogen-bond acceptors (Lipinski definition) is 5. The molecule has 3 rings (SSSR count). The molecule has 2 aromatic rings. The summed E-state index contributed by atoms with van der Waals surface area (Å²) in [5, 5.41) is 3.91. The van der Waals surface area contributed by atoms with Gasteiger partial charge in [-0.1, -0.05) is 23.9 Å². The maximum Gasteiger partial charge on any atom is 0.286 e. The third kappa shape index (κ3) is 2.81. The zero-order chi connectivity index (χ0) is 14.9. The molecule has 0 atom stereocenters. The molecule has 21 heavy (non-hydrogen) atoms. The summed E-state index contributed by atoms with van der Waals surface area (Å²) in [5.41, 5.74) is 0.571. The maximum absolute atomic E-state index is 12.1. The summed E-state index contributed by atoms with van der Waals surface area (Å²) in [6.07, 6.45) is 3.62. The van der Waals surface area contributed by atoms with E-state index in [0.717, 1.165) is 11.7 Å². The number of para-hydroxylation sites is 1. The van der Waals surface area contributed by atoms with Crippen LogP contribution in [-0.4, -0.2) is 29.6 Å². The van der Waals surface area contributed by atoms with E-state index in [9.17, 15) is 8.42 Å². The molecule has 0 radical (unpaired) electrons. The van der Waals surface area contributed by atoms with Gasteiger partial charge in [-0.05, 0) is 19.1 Å². The van der Waals surface area contributed by atoms with Gasteiger partial charge in [0, 0.05) is 18.9 Å². The van der Waals surface area contributed by atoms with E-state index < -0.39 is 10.0 Å². The Bertz CT molecular complexity index is 796. The summed E-state index contributed by atoms with van der Waals surface area (Å²) in [6.45, 7) is 2.85. The number of rotatable bonds is 4. The topological polar surface area (TPSA) is 76.3 Å². The highest BCUT2D eigenvalue weighted by Gasteiger charge is 2.24. The van der Waals surface area contributed by atoms with Gasteiger partial charge >= 0.3 is 0 Å². The van der Waals surface area contributed by atoms with Crippen molar-refractivity contribution in [2.45, 2.75) is 23.5 Å². The molecule has 0 fully saturated rings. The summed E-state index contributed by atoms with van der Waals surface area (Å²) < 4.78 is 30.0. The van der Waals surface area contributed by atoms with Crippen molar-refractivity contribution in [1.82, 2.24) is 9.55 Å². The number of aryl methyl sites for hydroxylation is 1. The Kier molecular flexibility index (Phi) is 3.73. The number of anilines is 1. The van der Waals surface area contributed by atoms with Gasteiger partial charge in [0.1, 0.15) is 10.7 Å². The average Bonchev–Trinajstić information content (AvgIpc) is 2.92. The van der Waals surface area contributed by atoms with Gasteiger partial charge < -0.3 is 9.88 Å². The van der Waals surface area contributed by atoms with Gasteiger partial charge in [-0.25, -0.2) is 4.98 Å². The highest BCUT2D eigenvalue weighted by atomic mass is 32.2. The summed E-state index contributed by atoms with van der Waals surface area (Å²) in [6, 6.07) is 6.76. The number of thioether (sulfide) groups is 1. The predicted molar refractivity (Wildman–Crippen MR) is 83.3 cm³/mol. The SMILES string of the molecule is CCn1ccnc1SCC1=NS(=O)(=O)c2ccccc2N1. The smallest absolute Gasteiger partial charge is 0.286 e. The van der Waals surface area contributed by atoms with Gasteiger partial charge in [0.2, 0.25) is 0 Å². The number of nitrogens with one attached hydrogen (secondary N) is 1. The van der Waals surface area contributed by atoms with Crippen molar-refractivity contribution in [1.29, 1.82) is 0 Å². The van der Waals surface area contributed by atoms with Crippen LogP contribution in [0.25, 0.3) is 0 Å². The minimum atomic E-state index is -3.61. The molecule has 110 valence electrons. The number of sulfonamides is 1. The number of imidazole rings is 1. The highest BCUT2D eigenvalue weighted by molar-refractivity contribution is 8.00. The first kappa shape index (κ1) is 14.2. The van der Waals surface area contributed by atoms with Gasteiger partial charge in [-0.15, -0.1) is 4.40 Å². The molecule has 0 spiro atoms. The van der Waals surface area contributed by atoms with Crippen LogP contribution in [0.4, 0.5) is 5.69 Å². The third-order valence-corrected chi connectivity index (χ3v) is 5.42. The molecule has 0 unspecified atom stereocenters. The molecule has 1 aliphatic heterocycles. The second kappa shape index (κ2) is 5.53. The van der Waals surface area contributed by atoms with E-state index in [2.05, 4.69) is 14.7 Å². The monoisotopic (exact) mass is 322 g/mol. The number of benzene rings is 1. The Labute approximate surface area is 127 Å². The fourth-order valence-corrected chi connectivity index (χ4v) is 4.16. The van der Waals surface area contributed by atoms with Gasteiger partial charge in [0.25, 0.3) is 10.0 Å². The van der Waals surface area contributed by atoms with Crippen LogP contribution >= 0.6 is 11.8 Å². The normalized spacial score (nSPS) is 16.0. The standard InChI is InChI=1S/C13H14N4O2S2/c1-2-17-8-7-14-13(17)20-9-12-15-10-5-3-4-6-11(10)21(18,19)16-12/h3-8H,2,9H2,1H3,(H,15,16). The quantitative estimate of drug-likeness (QED) is 0.873. The van der Waals surface area contributed by atoms with Gasteiger partial charge in [-0.3, -0.25) is 0 Å². The largest absolute Gasteiger partial charge is 0.341 e. The van der Waals surface area contributed by atoms with E-state index in [1.165, 1.54) is 11.8 Å². The van der Waals surface area contributed by atoms with Crippen molar-refractivity contribution in [2.24, 2.45) is 4.40 Å². The van der Waals surface area contributed by atoms with Crippen LogP contribution in [0, 0.1) is 0 Å². The molecule has 1 aliphatic rings. The van der Waals surface area contributed by atoms with Crippen molar-refractivity contribution in [2.75, 3.05) is 11.1 Å². The Morgan fingerprint density at radius 2 is 2.14 bits per heavy atom. The van der Waals surface area contributed by atoms with Gasteiger partial charge in [0.15, 0.2) is 5.16 Å². The van der Waals surface area contributed by atoms with Gasteiger partial charge in [-0.2, -0.15) is 8.42 Å². The summed E-state index contributed by atoms with van der Waals surface area (Å²) in [4.78, 5) is 4.46. The van der Waals surface area contributed by atoms with Crippen LogP contribution in [-0.2, 0) is 16.6 Å². The number of aromatic nitrogens is 2. The van der Waals surface area contributed by atoms with Crippen LogP contribution < -0.4 is 5.32 Å². The van der Waals surface area contributed by atoms with Crippen LogP contribution in [0.15, 0.2) is 51.1 Å². The Morgan fingerprint density at radius 1 is 1.33 bits per heavy atom. The van der Waals surface area contributed by atoms with E-state index in [0.29, 0.717) is 17.3 Å². The molecule has 0 saturated carbocycles. The number of nitrogens with zero attached hydrogens (tertiary/aromatic N) is 3. The molecule has 6 nitrogen and oxygen atoms in total. The predicted octanol–water partition coefficient (Wildman–Crippen LogP) is 2.21. The Hall–Kier alpha value is -1.80. The van der Waals surface area contributed by atoms with Crippen LogP contribution in [0.2, 0.25) is 0 Å². The average molecular weight is 322 g/mol.